The summed E-state index contributed by atoms with van der Waals surface area (Å²) >= 11 is 0. The first-order valence-electron chi connectivity index (χ1n) is 10.3. The van der Waals surface area contributed by atoms with E-state index < -0.39 is 0 Å². The number of allylic oxidation sites excluding steroid dienone is 1. The van der Waals surface area contributed by atoms with Gasteiger partial charge in [-0.25, -0.2) is 0 Å². The van der Waals surface area contributed by atoms with Gasteiger partial charge in [-0.2, -0.15) is 0 Å². The smallest absolute Gasteiger partial charge is 0.224 e. The topological polar surface area (TPSA) is 70.7 Å². The van der Waals surface area contributed by atoms with Crippen LogP contribution in [0, 0.1) is 5.92 Å². The number of rotatable bonds is 3. The molecule has 0 spiro atoms. The van der Waals surface area contributed by atoms with Gasteiger partial charge < -0.3 is 16.0 Å². The van der Waals surface area contributed by atoms with E-state index >= 15 is 0 Å². The minimum Gasteiger partial charge on any atom is -0.404 e. The van der Waals surface area contributed by atoms with Crippen molar-refractivity contribution < 1.29 is 4.79 Å². The van der Waals surface area contributed by atoms with E-state index in [4.69, 9.17) is 5.73 Å². The number of hydrogen-bond donors (Lipinski definition) is 2. The van der Waals surface area contributed by atoms with Crippen LogP contribution in [0.25, 0.3) is 5.57 Å². The summed E-state index contributed by atoms with van der Waals surface area (Å²) in [6.45, 7) is 3.11. The Bertz CT molecular complexity index is 992. The molecule has 0 unspecified atom stereocenters. The van der Waals surface area contributed by atoms with Gasteiger partial charge in [0.2, 0.25) is 5.91 Å². The van der Waals surface area contributed by atoms with Gasteiger partial charge in [0, 0.05) is 55.1 Å². The summed E-state index contributed by atoms with van der Waals surface area (Å²) in [7, 11) is 1.75. The third-order valence-electron chi connectivity index (χ3n) is 5.79. The van der Waals surface area contributed by atoms with Gasteiger partial charge >= 0.3 is 0 Å². The predicted octanol–water partition coefficient (Wildman–Crippen LogP) is 4.29. The average Bonchev–Trinajstić information content (AvgIpc) is 2.87. The van der Waals surface area contributed by atoms with Crippen molar-refractivity contribution in [1.29, 1.82) is 0 Å². The molecule has 0 saturated heterocycles. The van der Waals surface area contributed by atoms with Gasteiger partial charge in [-0.3, -0.25) is 9.79 Å². The van der Waals surface area contributed by atoms with Gasteiger partial charge in [0.15, 0.2) is 0 Å². The molecule has 1 amide bonds. The number of aryl methyl sites for hydroxylation is 1. The fourth-order valence-electron chi connectivity index (χ4n) is 4.45. The number of aliphatic imine (C=N–C) groups is 1. The molecule has 150 valence electrons. The lowest BCUT2D eigenvalue weighted by atomic mass is 9.93. The number of hydrogen-bond acceptors (Lipinski definition) is 4. The quantitative estimate of drug-likeness (QED) is 0.771. The summed E-state index contributed by atoms with van der Waals surface area (Å²) in [5.41, 5.74) is 13.7. The molecule has 0 saturated carbocycles. The lowest BCUT2D eigenvalue weighted by Crippen LogP contribution is -2.26. The van der Waals surface area contributed by atoms with Crippen molar-refractivity contribution in [3.63, 3.8) is 0 Å². The van der Waals surface area contributed by atoms with E-state index in [0.717, 1.165) is 42.6 Å². The first-order chi connectivity index (χ1) is 14.1. The Morgan fingerprint density at radius 3 is 2.90 bits per heavy atom. The summed E-state index contributed by atoms with van der Waals surface area (Å²) < 4.78 is 0. The van der Waals surface area contributed by atoms with Crippen LogP contribution >= 0.6 is 0 Å². The summed E-state index contributed by atoms with van der Waals surface area (Å²) in [6, 6.07) is 12.8. The summed E-state index contributed by atoms with van der Waals surface area (Å²) in [5.74, 6) is 0.423. The van der Waals surface area contributed by atoms with Crippen molar-refractivity contribution in [2.75, 3.05) is 23.8 Å². The third kappa shape index (κ3) is 3.77. The number of carbonyl (C=O) groups is 1. The average molecular weight is 389 g/mol. The molecule has 2 heterocycles. The largest absolute Gasteiger partial charge is 0.404 e. The highest BCUT2D eigenvalue weighted by Crippen LogP contribution is 2.40. The molecule has 1 atom stereocenters. The second kappa shape index (κ2) is 8.11. The van der Waals surface area contributed by atoms with Gasteiger partial charge in [0.1, 0.15) is 0 Å². The van der Waals surface area contributed by atoms with Gasteiger partial charge in [-0.05, 0) is 60.1 Å². The molecule has 5 nitrogen and oxygen atoms in total. The zero-order valence-electron chi connectivity index (χ0n) is 17.1. The Balaban J connectivity index is 1.81. The molecule has 0 aromatic heterocycles. The second-order valence-corrected chi connectivity index (χ2v) is 7.97. The van der Waals surface area contributed by atoms with Crippen molar-refractivity contribution in [2.24, 2.45) is 16.6 Å². The molecular weight excluding hydrogens is 360 g/mol. The SMILES string of the molecule is CN=CC(=CN)c1ccc2c(c1)N(c1cccc3c1C[C@H](C)CC(=O)N3)CCC2. The molecular formula is C24H28N4O. The standard InChI is InChI=1S/C24H28N4O/c1-16-11-20-21(27-24(29)12-16)6-3-7-22(20)28-10-4-5-17-8-9-18(13-23(17)28)19(14-25)15-26-2/h3,6-9,13-16H,4-5,10-12,25H2,1-2H3,(H,27,29)/t16-/m0/s1. The van der Waals surface area contributed by atoms with Gasteiger partial charge in [-0.15, -0.1) is 0 Å². The molecule has 0 aliphatic carbocycles. The first-order valence-corrected chi connectivity index (χ1v) is 10.3. The summed E-state index contributed by atoms with van der Waals surface area (Å²) in [5, 5.41) is 3.10. The van der Waals surface area contributed by atoms with Crippen LogP contribution in [-0.2, 0) is 17.6 Å². The maximum atomic E-state index is 12.2. The lowest BCUT2D eigenvalue weighted by Gasteiger charge is -2.34. The Morgan fingerprint density at radius 1 is 1.24 bits per heavy atom. The summed E-state index contributed by atoms with van der Waals surface area (Å²) in [6.07, 6.45) is 7.03. The molecule has 2 aliphatic heterocycles. The van der Waals surface area contributed by atoms with Crippen LogP contribution in [0.3, 0.4) is 0 Å². The minimum atomic E-state index is 0.103. The number of fused-ring (bicyclic) bond motifs is 2. The normalized spacial score (nSPS) is 19.5. The second-order valence-electron chi connectivity index (χ2n) is 7.97. The van der Waals surface area contributed by atoms with Crippen LogP contribution in [0.4, 0.5) is 17.1 Å². The molecule has 0 bridgehead atoms. The molecule has 4 rings (SSSR count). The van der Waals surface area contributed by atoms with Crippen LogP contribution in [0.5, 0.6) is 0 Å². The van der Waals surface area contributed by atoms with Crippen LogP contribution in [0.1, 0.15) is 36.5 Å². The molecule has 0 fully saturated rings. The van der Waals surface area contributed by atoms with Crippen LogP contribution in [0.2, 0.25) is 0 Å². The fourth-order valence-corrected chi connectivity index (χ4v) is 4.45. The van der Waals surface area contributed by atoms with E-state index in [1.54, 1.807) is 19.5 Å². The monoisotopic (exact) mass is 388 g/mol. The number of benzene rings is 2. The minimum absolute atomic E-state index is 0.103. The van der Waals surface area contributed by atoms with Crippen LogP contribution in [0.15, 0.2) is 47.6 Å². The number of nitrogens with two attached hydrogens (primary N) is 1. The van der Waals surface area contributed by atoms with Gasteiger partial charge in [-0.1, -0.05) is 25.1 Å². The molecule has 2 aliphatic rings. The maximum Gasteiger partial charge on any atom is 0.224 e. The highest BCUT2D eigenvalue weighted by molar-refractivity contribution is 6.10. The molecule has 5 heteroatoms. The zero-order valence-corrected chi connectivity index (χ0v) is 17.1. The highest BCUT2D eigenvalue weighted by Gasteiger charge is 2.26. The van der Waals surface area contributed by atoms with Crippen LogP contribution < -0.4 is 16.0 Å². The zero-order chi connectivity index (χ0) is 20.4. The summed E-state index contributed by atoms with van der Waals surface area (Å²) in [4.78, 5) is 18.7. The van der Waals surface area contributed by atoms with E-state index in [9.17, 15) is 4.79 Å². The lowest BCUT2D eigenvalue weighted by molar-refractivity contribution is -0.116. The molecule has 2 aromatic carbocycles. The number of nitrogens with one attached hydrogen (secondary N) is 1. The highest BCUT2D eigenvalue weighted by atomic mass is 16.1. The Labute approximate surface area is 172 Å². The Kier molecular flexibility index (Phi) is 5.38. The predicted molar refractivity (Wildman–Crippen MR) is 121 cm³/mol. The fraction of sp³-hybridized carbons (Fsp3) is 0.333. The van der Waals surface area contributed by atoms with E-state index in [-0.39, 0.29) is 5.91 Å². The molecule has 3 N–H and O–H groups in total. The third-order valence-corrected chi connectivity index (χ3v) is 5.79. The molecule has 0 radical (unpaired) electrons. The Hall–Kier alpha value is -3.08. The van der Waals surface area contributed by atoms with Crippen molar-refractivity contribution in [3.8, 4) is 0 Å². The van der Waals surface area contributed by atoms with E-state index in [1.165, 1.54) is 22.5 Å². The Morgan fingerprint density at radius 2 is 2.10 bits per heavy atom. The van der Waals surface area contributed by atoms with E-state index in [1.807, 2.05) is 12.1 Å². The van der Waals surface area contributed by atoms with E-state index in [2.05, 4.69) is 46.4 Å². The first kappa shape index (κ1) is 19.2. The molecule has 29 heavy (non-hydrogen) atoms. The number of anilines is 3. The molecule has 2 aromatic rings. The van der Waals surface area contributed by atoms with Gasteiger partial charge in [0.25, 0.3) is 0 Å². The van der Waals surface area contributed by atoms with Crippen molar-refractivity contribution in [3.05, 3.63) is 59.3 Å². The van der Waals surface area contributed by atoms with Crippen LogP contribution in [-0.4, -0.2) is 25.7 Å². The van der Waals surface area contributed by atoms with E-state index in [0.29, 0.717) is 12.3 Å². The number of amides is 1. The van der Waals surface area contributed by atoms with Crippen molar-refractivity contribution >= 4 is 34.8 Å². The van der Waals surface area contributed by atoms with Gasteiger partial charge in [0.05, 0.1) is 0 Å². The number of nitrogens with zero attached hydrogens (tertiary/aromatic N) is 2. The van der Waals surface area contributed by atoms with Crippen molar-refractivity contribution in [2.45, 2.75) is 32.6 Å². The van der Waals surface area contributed by atoms with Crippen molar-refractivity contribution in [1.82, 2.24) is 0 Å². The maximum absolute atomic E-state index is 12.2. The number of carbonyl (C=O) groups excluding carboxylic acids is 1.